The molecule has 104 valence electrons. The average Bonchev–Trinajstić information content (AvgIpc) is 2.46. The summed E-state index contributed by atoms with van der Waals surface area (Å²) in [5.41, 5.74) is 4.69. The monoisotopic (exact) mass is 258 g/mol. The van der Waals surface area contributed by atoms with Crippen molar-refractivity contribution in [2.24, 2.45) is 0 Å². The Balaban J connectivity index is 0.000000303. The third-order valence-corrected chi connectivity index (χ3v) is 2.39. The van der Waals surface area contributed by atoms with E-state index in [0.29, 0.717) is 0 Å². The summed E-state index contributed by atoms with van der Waals surface area (Å²) in [4.78, 5) is 8.28. The lowest BCUT2D eigenvalue weighted by Crippen LogP contribution is -1.84. The maximum absolute atomic E-state index is 4.20. The highest BCUT2D eigenvalue weighted by Gasteiger charge is 1.86. The van der Waals surface area contributed by atoms with Crippen LogP contribution in [0.4, 0.5) is 0 Å². The van der Waals surface area contributed by atoms with Gasteiger partial charge in [0.15, 0.2) is 0 Å². The fourth-order valence-corrected chi connectivity index (χ4v) is 1.25. The molecule has 0 radical (unpaired) electrons. The van der Waals surface area contributed by atoms with E-state index in [9.17, 15) is 0 Å². The fraction of sp³-hybridized carbons (Fsp3) is 0.412. The van der Waals surface area contributed by atoms with Gasteiger partial charge in [0.25, 0.3) is 0 Å². The Morgan fingerprint density at radius 3 is 1.63 bits per heavy atom. The first kappa shape index (κ1) is 17.3. The third-order valence-electron chi connectivity index (χ3n) is 2.39. The summed E-state index contributed by atoms with van der Waals surface area (Å²) in [5, 5.41) is 0. The first-order valence-electron chi connectivity index (χ1n) is 6.92. The van der Waals surface area contributed by atoms with Crippen LogP contribution in [-0.4, -0.2) is 9.97 Å². The summed E-state index contributed by atoms with van der Waals surface area (Å²) in [7, 11) is 0. The SMILES string of the molecule is CC.CCc1ccc(C)cn1.Cc1ccc(C)nc1. The van der Waals surface area contributed by atoms with E-state index in [2.05, 4.69) is 35.1 Å². The topological polar surface area (TPSA) is 25.8 Å². The zero-order valence-corrected chi connectivity index (χ0v) is 13.1. The molecule has 2 rings (SSSR count). The second-order valence-electron chi connectivity index (χ2n) is 4.16. The Labute approximate surface area is 117 Å². The molecule has 2 aromatic rings. The van der Waals surface area contributed by atoms with Gasteiger partial charge < -0.3 is 0 Å². The molecule has 0 saturated heterocycles. The summed E-state index contributed by atoms with van der Waals surface area (Å²) in [5.74, 6) is 0. The highest BCUT2D eigenvalue weighted by Crippen LogP contribution is 1.97. The molecule has 0 aliphatic carbocycles. The molecule has 0 aliphatic rings. The molecule has 2 heterocycles. The van der Waals surface area contributed by atoms with Crippen molar-refractivity contribution >= 4 is 0 Å². The standard InChI is InChI=1S/C8H11N.C7H9N.C2H6/c1-3-8-5-4-7(2)6-9-8;1-6-3-4-7(2)8-5-6;1-2/h4-6H,3H2,1-2H3;3-5H,1-2H3;1-2H3. The van der Waals surface area contributed by atoms with E-state index in [4.69, 9.17) is 0 Å². The first-order valence-corrected chi connectivity index (χ1v) is 6.92. The molecule has 0 fully saturated rings. The van der Waals surface area contributed by atoms with E-state index in [0.717, 1.165) is 12.1 Å². The maximum atomic E-state index is 4.20. The van der Waals surface area contributed by atoms with Gasteiger partial charge in [0.2, 0.25) is 0 Å². The Morgan fingerprint density at radius 1 is 0.789 bits per heavy atom. The molecular weight excluding hydrogens is 232 g/mol. The molecule has 0 amide bonds. The van der Waals surface area contributed by atoms with Crippen LogP contribution in [0.3, 0.4) is 0 Å². The lowest BCUT2D eigenvalue weighted by Gasteiger charge is -1.93. The van der Waals surface area contributed by atoms with Gasteiger partial charge in [-0.3, -0.25) is 9.97 Å². The highest BCUT2D eigenvalue weighted by atomic mass is 14.7. The lowest BCUT2D eigenvalue weighted by atomic mass is 10.2. The van der Waals surface area contributed by atoms with E-state index < -0.39 is 0 Å². The van der Waals surface area contributed by atoms with Crippen molar-refractivity contribution in [2.75, 3.05) is 0 Å². The van der Waals surface area contributed by atoms with Crippen LogP contribution in [0.25, 0.3) is 0 Å². The quantitative estimate of drug-likeness (QED) is 0.742. The van der Waals surface area contributed by atoms with Crippen molar-refractivity contribution in [1.29, 1.82) is 0 Å². The van der Waals surface area contributed by atoms with Crippen LogP contribution in [0.2, 0.25) is 0 Å². The van der Waals surface area contributed by atoms with E-state index >= 15 is 0 Å². The van der Waals surface area contributed by atoms with Gasteiger partial charge in [-0.2, -0.15) is 0 Å². The van der Waals surface area contributed by atoms with Gasteiger partial charge in [0.05, 0.1) is 0 Å². The van der Waals surface area contributed by atoms with Gasteiger partial charge in [0, 0.05) is 23.8 Å². The van der Waals surface area contributed by atoms with Gasteiger partial charge in [-0.25, -0.2) is 0 Å². The minimum absolute atomic E-state index is 1.03. The van der Waals surface area contributed by atoms with Crippen LogP contribution in [-0.2, 0) is 6.42 Å². The molecule has 0 bridgehead atoms. The summed E-state index contributed by atoms with van der Waals surface area (Å²) in [6.07, 6.45) is 4.80. The van der Waals surface area contributed by atoms with Gasteiger partial charge in [0.1, 0.15) is 0 Å². The Morgan fingerprint density at radius 2 is 1.32 bits per heavy atom. The number of pyridine rings is 2. The minimum Gasteiger partial charge on any atom is -0.261 e. The Kier molecular flexibility index (Phi) is 9.33. The average molecular weight is 258 g/mol. The van der Waals surface area contributed by atoms with Crippen molar-refractivity contribution in [1.82, 2.24) is 9.97 Å². The zero-order valence-electron chi connectivity index (χ0n) is 13.1. The van der Waals surface area contributed by atoms with Crippen molar-refractivity contribution in [2.45, 2.75) is 48.0 Å². The third kappa shape index (κ3) is 8.09. The van der Waals surface area contributed by atoms with Crippen LogP contribution >= 0.6 is 0 Å². The molecule has 0 aliphatic heterocycles. The van der Waals surface area contributed by atoms with E-state index in [1.54, 1.807) is 0 Å². The molecule has 0 spiro atoms. The van der Waals surface area contributed by atoms with Crippen LogP contribution in [0.15, 0.2) is 36.7 Å². The molecule has 19 heavy (non-hydrogen) atoms. The molecule has 2 heteroatoms. The van der Waals surface area contributed by atoms with Crippen molar-refractivity contribution in [3.8, 4) is 0 Å². The second kappa shape index (κ2) is 10.2. The van der Waals surface area contributed by atoms with Gasteiger partial charge >= 0.3 is 0 Å². The van der Waals surface area contributed by atoms with Gasteiger partial charge in [-0.15, -0.1) is 0 Å². The Hall–Kier alpha value is -1.70. The molecule has 2 aromatic heterocycles. The van der Waals surface area contributed by atoms with E-state index in [1.807, 2.05) is 53.1 Å². The summed E-state index contributed by atoms with van der Waals surface area (Å²) in [6.45, 7) is 12.2. The first-order chi connectivity index (χ1) is 9.11. The van der Waals surface area contributed by atoms with E-state index in [1.165, 1.54) is 16.8 Å². The smallest absolute Gasteiger partial charge is 0.0401 e. The van der Waals surface area contributed by atoms with Crippen molar-refractivity contribution < 1.29 is 0 Å². The van der Waals surface area contributed by atoms with Gasteiger partial charge in [-0.1, -0.05) is 32.9 Å². The number of nitrogens with zero attached hydrogens (tertiary/aromatic N) is 2. The normalized spacial score (nSPS) is 8.74. The van der Waals surface area contributed by atoms with E-state index in [-0.39, 0.29) is 0 Å². The molecule has 0 unspecified atom stereocenters. The van der Waals surface area contributed by atoms with Crippen molar-refractivity contribution in [3.63, 3.8) is 0 Å². The minimum atomic E-state index is 1.03. The fourth-order valence-electron chi connectivity index (χ4n) is 1.25. The van der Waals surface area contributed by atoms with Crippen LogP contribution in [0.5, 0.6) is 0 Å². The zero-order chi connectivity index (χ0) is 14.7. The number of hydrogen-bond donors (Lipinski definition) is 0. The molecule has 0 N–H and O–H groups in total. The summed E-state index contributed by atoms with van der Waals surface area (Å²) in [6, 6.07) is 8.22. The number of rotatable bonds is 1. The molecule has 0 aromatic carbocycles. The number of aryl methyl sites for hydroxylation is 4. The van der Waals surface area contributed by atoms with Crippen LogP contribution < -0.4 is 0 Å². The molecular formula is C17H26N2. The number of hydrogen-bond acceptors (Lipinski definition) is 2. The van der Waals surface area contributed by atoms with Crippen LogP contribution in [0, 0.1) is 20.8 Å². The van der Waals surface area contributed by atoms with Crippen LogP contribution in [0.1, 0.15) is 43.3 Å². The number of aromatic nitrogens is 2. The largest absolute Gasteiger partial charge is 0.261 e. The highest BCUT2D eigenvalue weighted by molar-refractivity contribution is 5.11. The summed E-state index contributed by atoms with van der Waals surface area (Å²) >= 11 is 0. The predicted molar refractivity (Wildman–Crippen MR) is 83.4 cm³/mol. The predicted octanol–water partition coefficient (Wildman–Crippen LogP) is 4.68. The Bertz CT molecular complexity index is 409. The van der Waals surface area contributed by atoms with Gasteiger partial charge in [-0.05, 0) is 50.5 Å². The maximum Gasteiger partial charge on any atom is 0.0401 e. The molecule has 0 saturated carbocycles. The molecule has 0 atom stereocenters. The summed E-state index contributed by atoms with van der Waals surface area (Å²) < 4.78 is 0. The van der Waals surface area contributed by atoms with Crippen molar-refractivity contribution in [3.05, 3.63) is 59.2 Å². The molecule has 2 nitrogen and oxygen atoms in total. The second-order valence-corrected chi connectivity index (χ2v) is 4.16. The lowest BCUT2D eigenvalue weighted by molar-refractivity contribution is 1.03.